The van der Waals surface area contributed by atoms with E-state index < -0.39 is 0 Å². The summed E-state index contributed by atoms with van der Waals surface area (Å²) in [5, 5.41) is 0. The first-order chi connectivity index (χ1) is 12.0. The van der Waals surface area contributed by atoms with E-state index in [2.05, 4.69) is 9.88 Å². The largest absolute Gasteiger partial charge is 0.341 e. The molecular formula is C19H24N4O2. The van der Waals surface area contributed by atoms with E-state index in [1.54, 1.807) is 30.1 Å². The topological polar surface area (TPSA) is 68.1 Å². The number of hydrogen-bond donors (Lipinski definition) is 0. The molecule has 3 rings (SSSR count). The van der Waals surface area contributed by atoms with Gasteiger partial charge in [-0.05, 0) is 25.0 Å². The maximum absolute atomic E-state index is 12.4. The van der Waals surface area contributed by atoms with Gasteiger partial charge in [0.25, 0.3) is 5.56 Å². The quantitative estimate of drug-likeness (QED) is 0.854. The normalized spacial score (nSPS) is 17.8. The average Bonchev–Trinajstić information content (AvgIpc) is 2.64. The molecule has 0 aromatic carbocycles. The highest BCUT2D eigenvalue weighted by atomic mass is 16.1. The Bertz CT molecular complexity index is 814. The Morgan fingerprint density at radius 2 is 2.00 bits per heavy atom. The van der Waals surface area contributed by atoms with Gasteiger partial charge in [0.1, 0.15) is 5.78 Å². The lowest BCUT2D eigenvalue weighted by Gasteiger charge is -2.34. The van der Waals surface area contributed by atoms with Crippen LogP contribution < -0.4 is 10.5 Å². The lowest BCUT2D eigenvalue weighted by molar-refractivity contribution is -0.126. The van der Waals surface area contributed by atoms with E-state index in [0.717, 1.165) is 24.9 Å². The number of Topliss-reactive ketones (excluding diaryl/α,β-unsaturated/α-hetero) is 1. The van der Waals surface area contributed by atoms with Gasteiger partial charge < -0.3 is 4.90 Å². The fourth-order valence-electron chi connectivity index (χ4n) is 3.34. The molecule has 1 unspecified atom stereocenters. The van der Waals surface area contributed by atoms with Gasteiger partial charge in [-0.1, -0.05) is 13.8 Å². The molecular weight excluding hydrogens is 316 g/mol. The van der Waals surface area contributed by atoms with Crippen molar-refractivity contribution in [1.29, 1.82) is 0 Å². The summed E-state index contributed by atoms with van der Waals surface area (Å²) in [5.41, 5.74) is 1.40. The minimum atomic E-state index is -0.103. The van der Waals surface area contributed by atoms with Crippen molar-refractivity contribution in [1.82, 2.24) is 14.5 Å². The van der Waals surface area contributed by atoms with Crippen LogP contribution in [0.2, 0.25) is 0 Å². The van der Waals surface area contributed by atoms with Crippen molar-refractivity contribution in [3.8, 4) is 11.3 Å². The van der Waals surface area contributed by atoms with E-state index in [4.69, 9.17) is 4.98 Å². The monoisotopic (exact) mass is 340 g/mol. The van der Waals surface area contributed by atoms with Gasteiger partial charge in [0.05, 0.1) is 5.69 Å². The van der Waals surface area contributed by atoms with Crippen LogP contribution in [0.25, 0.3) is 11.3 Å². The van der Waals surface area contributed by atoms with Crippen molar-refractivity contribution in [2.45, 2.75) is 26.7 Å². The number of carbonyl (C=O) groups excluding carboxylic acids is 1. The van der Waals surface area contributed by atoms with E-state index >= 15 is 0 Å². The molecule has 2 aromatic heterocycles. The molecule has 0 N–H and O–H groups in total. The third-order valence-corrected chi connectivity index (χ3v) is 4.76. The molecule has 1 aliphatic rings. The van der Waals surface area contributed by atoms with Gasteiger partial charge in [-0.3, -0.25) is 19.1 Å². The molecule has 0 spiro atoms. The van der Waals surface area contributed by atoms with Crippen molar-refractivity contribution in [2.75, 3.05) is 18.0 Å². The fraction of sp³-hybridized carbons (Fsp3) is 0.474. The molecule has 3 heterocycles. The summed E-state index contributed by atoms with van der Waals surface area (Å²) in [7, 11) is 1.73. The number of carbonyl (C=O) groups is 1. The Morgan fingerprint density at radius 3 is 2.68 bits per heavy atom. The maximum Gasteiger partial charge on any atom is 0.255 e. The molecule has 0 aliphatic carbocycles. The average molecular weight is 340 g/mol. The standard InChI is InChI=1S/C19H24N4O2/c1-13(2)18(25)15-5-4-10-23(12-15)19-21-16(11-17(24)22(19)3)14-6-8-20-9-7-14/h6-9,11,13,15H,4-5,10,12H2,1-3H3. The van der Waals surface area contributed by atoms with Crippen LogP contribution in [-0.4, -0.2) is 33.4 Å². The fourth-order valence-corrected chi connectivity index (χ4v) is 3.34. The first-order valence-electron chi connectivity index (χ1n) is 8.74. The molecule has 1 saturated heterocycles. The van der Waals surface area contributed by atoms with Crippen LogP contribution in [0.3, 0.4) is 0 Å². The third kappa shape index (κ3) is 3.62. The number of anilines is 1. The van der Waals surface area contributed by atoms with Crippen LogP contribution in [0, 0.1) is 11.8 Å². The Hall–Kier alpha value is -2.50. The van der Waals surface area contributed by atoms with Crippen molar-refractivity contribution < 1.29 is 4.79 Å². The first-order valence-corrected chi connectivity index (χ1v) is 8.74. The number of ketones is 1. The van der Waals surface area contributed by atoms with Crippen molar-refractivity contribution >= 4 is 11.7 Å². The van der Waals surface area contributed by atoms with E-state index in [1.165, 1.54) is 0 Å². The van der Waals surface area contributed by atoms with Crippen LogP contribution in [0.4, 0.5) is 5.95 Å². The van der Waals surface area contributed by atoms with Gasteiger partial charge in [-0.25, -0.2) is 4.98 Å². The molecule has 6 heteroatoms. The predicted molar refractivity (Wildman–Crippen MR) is 97.5 cm³/mol. The SMILES string of the molecule is CC(C)C(=O)C1CCCN(c2nc(-c3ccncc3)cc(=O)n2C)C1. The Kier molecular flexibility index (Phi) is 4.97. The second-order valence-electron chi connectivity index (χ2n) is 6.92. The molecule has 0 saturated carbocycles. The number of rotatable bonds is 4. The molecule has 2 aromatic rings. The second kappa shape index (κ2) is 7.17. The summed E-state index contributed by atoms with van der Waals surface area (Å²) in [5.74, 6) is 0.959. The molecule has 1 atom stereocenters. The van der Waals surface area contributed by atoms with Gasteiger partial charge >= 0.3 is 0 Å². The molecule has 132 valence electrons. The highest BCUT2D eigenvalue weighted by molar-refractivity contribution is 5.83. The highest BCUT2D eigenvalue weighted by Gasteiger charge is 2.29. The molecule has 0 bridgehead atoms. The third-order valence-electron chi connectivity index (χ3n) is 4.76. The van der Waals surface area contributed by atoms with Crippen molar-refractivity contribution in [3.63, 3.8) is 0 Å². The lowest BCUT2D eigenvalue weighted by Crippen LogP contribution is -2.42. The molecule has 6 nitrogen and oxygen atoms in total. The Labute approximate surface area is 147 Å². The van der Waals surface area contributed by atoms with Crippen molar-refractivity contribution in [3.05, 3.63) is 40.9 Å². The molecule has 0 amide bonds. The molecule has 0 radical (unpaired) electrons. The van der Waals surface area contributed by atoms with Gasteiger partial charge in [0.2, 0.25) is 5.95 Å². The van der Waals surface area contributed by atoms with Crippen LogP contribution in [0.15, 0.2) is 35.4 Å². The van der Waals surface area contributed by atoms with Gasteiger partial charge in [-0.2, -0.15) is 0 Å². The van der Waals surface area contributed by atoms with E-state index in [1.807, 2.05) is 26.0 Å². The maximum atomic E-state index is 12.4. The van der Waals surface area contributed by atoms with Crippen LogP contribution in [-0.2, 0) is 11.8 Å². The summed E-state index contributed by atoms with van der Waals surface area (Å²) in [6.45, 7) is 5.32. The smallest absolute Gasteiger partial charge is 0.255 e. The van der Waals surface area contributed by atoms with E-state index in [9.17, 15) is 9.59 Å². The zero-order valence-electron chi connectivity index (χ0n) is 15.0. The summed E-state index contributed by atoms with van der Waals surface area (Å²) >= 11 is 0. The number of nitrogens with zero attached hydrogens (tertiary/aromatic N) is 4. The Balaban J connectivity index is 1.95. The predicted octanol–water partition coefficient (Wildman–Crippen LogP) is 2.28. The highest BCUT2D eigenvalue weighted by Crippen LogP contribution is 2.25. The molecule has 25 heavy (non-hydrogen) atoms. The van der Waals surface area contributed by atoms with Crippen LogP contribution in [0.1, 0.15) is 26.7 Å². The lowest BCUT2D eigenvalue weighted by atomic mass is 9.88. The van der Waals surface area contributed by atoms with Crippen LogP contribution >= 0.6 is 0 Å². The minimum absolute atomic E-state index is 0.00948. The number of aromatic nitrogens is 3. The number of hydrogen-bond acceptors (Lipinski definition) is 5. The number of pyridine rings is 1. The van der Waals surface area contributed by atoms with Gasteiger partial charge in [0.15, 0.2) is 0 Å². The zero-order chi connectivity index (χ0) is 18.0. The summed E-state index contributed by atoms with van der Waals surface area (Å²) in [6.07, 6.45) is 5.21. The van der Waals surface area contributed by atoms with Crippen molar-refractivity contribution in [2.24, 2.45) is 18.9 Å². The summed E-state index contributed by atoms with van der Waals surface area (Å²) in [4.78, 5) is 35.6. The molecule has 1 fully saturated rings. The Morgan fingerprint density at radius 1 is 1.28 bits per heavy atom. The minimum Gasteiger partial charge on any atom is -0.341 e. The van der Waals surface area contributed by atoms with Crippen LogP contribution in [0.5, 0.6) is 0 Å². The van der Waals surface area contributed by atoms with Gasteiger partial charge in [0, 0.05) is 56.0 Å². The first kappa shape index (κ1) is 17.3. The van der Waals surface area contributed by atoms with E-state index in [0.29, 0.717) is 24.0 Å². The second-order valence-corrected chi connectivity index (χ2v) is 6.92. The number of piperidine rings is 1. The van der Waals surface area contributed by atoms with Gasteiger partial charge in [-0.15, -0.1) is 0 Å². The summed E-state index contributed by atoms with van der Waals surface area (Å²) in [6, 6.07) is 5.22. The van der Waals surface area contributed by atoms with E-state index in [-0.39, 0.29) is 17.4 Å². The molecule has 1 aliphatic heterocycles. The summed E-state index contributed by atoms with van der Waals surface area (Å²) < 4.78 is 1.56. The zero-order valence-corrected chi connectivity index (χ0v) is 15.0.